The lowest BCUT2D eigenvalue weighted by Crippen LogP contribution is -2.57. The van der Waals surface area contributed by atoms with E-state index in [2.05, 4.69) is 16.6 Å². The lowest BCUT2D eigenvalue weighted by atomic mass is 9.86. The summed E-state index contributed by atoms with van der Waals surface area (Å²) < 4.78 is 42.2. The quantitative estimate of drug-likeness (QED) is 0.222. The number of nitrogens with zero attached hydrogens (tertiary/aromatic N) is 3. The van der Waals surface area contributed by atoms with Gasteiger partial charge in [0.25, 0.3) is 17.5 Å². The molecule has 3 heterocycles. The lowest BCUT2D eigenvalue weighted by Gasteiger charge is -2.32. The van der Waals surface area contributed by atoms with E-state index in [0.717, 1.165) is 68.9 Å². The highest BCUT2D eigenvalue weighted by Gasteiger charge is 2.62. The minimum atomic E-state index is -3.93. The molecule has 1 saturated heterocycles. The Morgan fingerprint density at radius 1 is 0.887 bits per heavy atom. The summed E-state index contributed by atoms with van der Waals surface area (Å²) in [5.74, 6) is -3.51. The molecule has 2 N–H and O–H groups in total. The maximum atomic E-state index is 15.1. The van der Waals surface area contributed by atoms with Crippen molar-refractivity contribution in [1.82, 2.24) is 24.5 Å². The Kier molecular flexibility index (Phi) is 11.6. The number of carbonyl (C=O) groups is 4. The van der Waals surface area contributed by atoms with Crippen molar-refractivity contribution >= 4 is 44.6 Å². The van der Waals surface area contributed by atoms with Crippen molar-refractivity contribution in [3.05, 3.63) is 83.7 Å². The van der Waals surface area contributed by atoms with Crippen molar-refractivity contribution in [3.63, 3.8) is 0 Å². The summed E-state index contributed by atoms with van der Waals surface area (Å²) in [7, 11) is -3.93. The molecule has 3 aromatic rings. The van der Waals surface area contributed by atoms with Gasteiger partial charge in [-0.2, -0.15) is 4.98 Å². The molecule has 3 amide bonds. The highest BCUT2D eigenvalue weighted by molar-refractivity contribution is 7.91. The number of amides is 3. The molecule has 7 atom stereocenters. The Morgan fingerprint density at radius 3 is 2.40 bits per heavy atom. The molecular formula is C47H55N5O9S. The van der Waals surface area contributed by atoms with Crippen LogP contribution < -0.4 is 20.3 Å². The zero-order valence-electron chi connectivity index (χ0n) is 34.9. The molecule has 0 spiro atoms. The minimum Gasteiger partial charge on any atom is -0.462 e. The number of esters is 1. The van der Waals surface area contributed by atoms with Gasteiger partial charge < -0.3 is 19.7 Å². The van der Waals surface area contributed by atoms with Crippen molar-refractivity contribution in [2.75, 3.05) is 6.54 Å². The number of hydrogen-bond acceptors (Lipinski definition) is 10. The van der Waals surface area contributed by atoms with Crippen LogP contribution in [0.2, 0.25) is 0 Å². The third-order valence-electron chi connectivity index (χ3n) is 14.1. The van der Waals surface area contributed by atoms with Gasteiger partial charge in [-0.05, 0) is 99.3 Å². The maximum absolute atomic E-state index is 15.1. The molecule has 0 radical (unpaired) electrons. The van der Waals surface area contributed by atoms with Crippen molar-refractivity contribution < 1.29 is 37.1 Å². The van der Waals surface area contributed by atoms with Crippen LogP contribution in [-0.2, 0) is 40.5 Å². The standard InChI is InChI=1S/C47H55N5O9S/c1-2-33-27-47(33,45(57)50-62(58,59)35-20-21-35)49-42(54)39-25-34-28-52(39)44(56)37(30-14-8-9-15-30)26-41(53)61-40-18-11-17-31(40)16-7-4-10-23-51-43(55)36-22-19-32(29-12-5-3-6-13-29)24-38(36)48-46(51)60-34/h2-6,10,12-13,19,22,24,30-31,33-35,37,39-40H,1,7-9,11,14-18,20-21,23,25-28H2,(H,49,54)(H,50,57)/b10-4+/t31-,33-,34-,37+,39+,40-,47-/m1/s1. The van der Waals surface area contributed by atoms with Gasteiger partial charge in [-0.25, -0.2) is 8.42 Å². The fraction of sp³-hybridized carbons (Fsp3) is 0.532. The molecular weight excluding hydrogens is 811 g/mol. The van der Waals surface area contributed by atoms with Gasteiger partial charge in [-0.3, -0.25) is 33.3 Å². The fourth-order valence-electron chi connectivity index (χ4n) is 10.3. The monoisotopic (exact) mass is 865 g/mol. The number of aromatic nitrogens is 2. The smallest absolute Gasteiger partial charge is 0.306 e. The third-order valence-corrected chi connectivity index (χ3v) is 15.9. The summed E-state index contributed by atoms with van der Waals surface area (Å²) >= 11 is 0. The van der Waals surface area contributed by atoms with E-state index in [0.29, 0.717) is 23.7 Å². The van der Waals surface area contributed by atoms with E-state index >= 15 is 4.79 Å². The summed E-state index contributed by atoms with van der Waals surface area (Å²) in [6, 6.07) is 14.2. The number of allylic oxidation sites excluding steroid dienone is 2. The SMILES string of the molecule is C=C[C@@H]1C[C@]1(NC(=O)[C@@H]1C[C@@H]2CN1C(=O)[C@H](C1CCCC1)CC(=O)O[C@@H]1CCC[C@H]1CC/C=C/Cn1c(nc3cc(-c4ccccc4)ccc3c1=O)O2)C(=O)NS(=O)(=O)C1CC1. The third kappa shape index (κ3) is 8.44. The number of nitrogens with one attached hydrogen (secondary N) is 2. The van der Waals surface area contributed by atoms with Crippen LogP contribution in [0.4, 0.5) is 0 Å². The van der Waals surface area contributed by atoms with E-state index in [4.69, 9.17) is 14.5 Å². The molecule has 0 unspecified atom stereocenters. The molecule has 62 heavy (non-hydrogen) atoms. The number of carbonyl (C=O) groups excluding carboxylic acids is 4. The molecule has 2 aliphatic heterocycles. The zero-order valence-corrected chi connectivity index (χ0v) is 35.7. The summed E-state index contributed by atoms with van der Waals surface area (Å²) in [4.78, 5) is 77.9. The second-order valence-electron chi connectivity index (χ2n) is 18.2. The highest BCUT2D eigenvalue weighted by Crippen LogP contribution is 2.46. The molecule has 4 aliphatic carbocycles. The van der Waals surface area contributed by atoms with Crippen LogP contribution >= 0.6 is 0 Å². The Morgan fingerprint density at radius 2 is 1.66 bits per heavy atom. The summed E-state index contributed by atoms with van der Waals surface area (Å²) in [5.41, 5.74) is 0.377. The molecule has 1 aromatic heterocycles. The van der Waals surface area contributed by atoms with Gasteiger partial charge in [0.15, 0.2) is 0 Å². The molecule has 2 bridgehead atoms. The van der Waals surface area contributed by atoms with Crippen LogP contribution in [0.3, 0.4) is 0 Å². The van der Waals surface area contributed by atoms with Crippen LogP contribution in [0, 0.1) is 23.7 Å². The second kappa shape index (κ2) is 17.1. The number of fused-ring (bicyclic) bond motifs is 5. The van der Waals surface area contributed by atoms with Gasteiger partial charge in [0.05, 0.1) is 35.0 Å². The largest absolute Gasteiger partial charge is 0.462 e. The Balaban J connectivity index is 1.08. The Bertz CT molecular complexity index is 2460. The molecule has 4 saturated carbocycles. The molecule has 2 aromatic carbocycles. The number of benzene rings is 2. The first-order valence-corrected chi connectivity index (χ1v) is 23.9. The van der Waals surface area contributed by atoms with Gasteiger partial charge in [0, 0.05) is 18.9 Å². The van der Waals surface area contributed by atoms with E-state index < -0.39 is 62.6 Å². The van der Waals surface area contributed by atoms with E-state index in [9.17, 15) is 27.6 Å². The number of sulfonamides is 1. The first-order chi connectivity index (χ1) is 29.9. The van der Waals surface area contributed by atoms with E-state index in [-0.39, 0.29) is 67.8 Å². The van der Waals surface area contributed by atoms with E-state index in [1.807, 2.05) is 54.6 Å². The van der Waals surface area contributed by atoms with Gasteiger partial charge >= 0.3 is 5.97 Å². The van der Waals surface area contributed by atoms with Crippen LogP contribution in [0.25, 0.3) is 22.0 Å². The van der Waals surface area contributed by atoms with E-state index in [1.165, 1.54) is 15.5 Å². The highest BCUT2D eigenvalue weighted by atomic mass is 32.2. The fourth-order valence-corrected chi connectivity index (χ4v) is 11.7. The predicted octanol–water partition coefficient (Wildman–Crippen LogP) is 5.34. The van der Waals surface area contributed by atoms with Crippen LogP contribution in [0.5, 0.6) is 6.01 Å². The molecule has 6 aliphatic rings. The van der Waals surface area contributed by atoms with Crippen molar-refractivity contribution in [2.24, 2.45) is 23.7 Å². The molecule has 9 rings (SSSR count). The molecule has 5 fully saturated rings. The zero-order chi connectivity index (χ0) is 43.2. The minimum absolute atomic E-state index is 0.0200. The van der Waals surface area contributed by atoms with Crippen molar-refractivity contribution in [3.8, 4) is 17.1 Å². The Hall–Kier alpha value is -5.31. The number of rotatable bonds is 8. The number of hydrogen-bond donors (Lipinski definition) is 2. The Labute approximate surface area is 361 Å². The van der Waals surface area contributed by atoms with Gasteiger partial charge in [-0.1, -0.05) is 67.5 Å². The van der Waals surface area contributed by atoms with Crippen molar-refractivity contribution in [1.29, 1.82) is 0 Å². The van der Waals surface area contributed by atoms with E-state index in [1.54, 1.807) is 6.07 Å². The van der Waals surface area contributed by atoms with Crippen LogP contribution in [0.15, 0.2) is 78.1 Å². The second-order valence-corrected chi connectivity index (χ2v) is 20.2. The average Bonchev–Trinajstić information content (AvgIpc) is 4.05. The summed E-state index contributed by atoms with van der Waals surface area (Å²) in [6.45, 7) is 3.92. The summed E-state index contributed by atoms with van der Waals surface area (Å²) in [6.07, 6.45) is 12.8. The first-order valence-electron chi connectivity index (χ1n) is 22.4. The molecule has 328 valence electrons. The summed E-state index contributed by atoms with van der Waals surface area (Å²) in [5, 5.41) is 2.62. The lowest BCUT2D eigenvalue weighted by molar-refractivity contribution is -0.156. The molecule has 14 nitrogen and oxygen atoms in total. The van der Waals surface area contributed by atoms with Gasteiger partial charge in [0.1, 0.15) is 23.8 Å². The molecule has 15 heteroatoms. The van der Waals surface area contributed by atoms with Crippen molar-refractivity contribution in [2.45, 2.75) is 125 Å². The van der Waals surface area contributed by atoms with Gasteiger partial charge in [-0.15, -0.1) is 6.58 Å². The topological polar surface area (TPSA) is 183 Å². The number of ether oxygens (including phenoxy) is 2. The maximum Gasteiger partial charge on any atom is 0.306 e. The first kappa shape index (κ1) is 42.0. The average molecular weight is 866 g/mol. The van der Waals surface area contributed by atoms with Crippen LogP contribution in [-0.4, -0.2) is 82.1 Å². The van der Waals surface area contributed by atoms with Crippen LogP contribution in [0.1, 0.15) is 89.9 Å². The van der Waals surface area contributed by atoms with Gasteiger partial charge in [0.2, 0.25) is 21.8 Å². The normalized spacial score (nSPS) is 30.0. The predicted molar refractivity (Wildman–Crippen MR) is 231 cm³/mol.